The molecule has 3 aromatic carbocycles. The summed E-state index contributed by atoms with van der Waals surface area (Å²) >= 11 is 1.28. The van der Waals surface area contributed by atoms with E-state index in [0.29, 0.717) is 38.7 Å². The Morgan fingerprint density at radius 1 is 1.05 bits per heavy atom. The molecule has 1 aliphatic heterocycles. The fourth-order valence-corrected chi connectivity index (χ4v) is 5.89. The summed E-state index contributed by atoms with van der Waals surface area (Å²) in [6.45, 7) is 4.17. The van der Waals surface area contributed by atoms with Crippen LogP contribution in [0.25, 0.3) is 6.08 Å². The second kappa shape index (κ2) is 12.5. The smallest absolute Gasteiger partial charge is 0.338 e. The van der Waals surface area contributed by atoms with E-state index in [0.717, 1.165) is 22.4 Å². The van der Waals surface area contributed by atoms with E-state index in [1.807, 2.05) is 97.9 Å². The molecule has 0 amide bonds. The fourth-order valence-electron chi connectivity index (χ4n) is 4.84. The molecule has 0 radical (unpaired) electrons. The van der Waals surface area contributed by atoms with Crippen molar-refractivity contribution in [2.75, 3.05) is 32.7 Å². The Hall–Kier alpha value is -4.63. The minimum atomic E-state index is -0.665. The lowest BCUT2D eigenvalue weighted by molar-refractivity contribution is -0.139. The van der Waals surface area contributed by atoms with Gasteiger partial charge in [0.15, 0.2) is 16.3 Å². The van der Waals surface area contributed by atoms with Crippen LogP contribution < -0.4 is 29.3 Å². The third-order valence-corrected chi connectivity index (χ3v) is 7.95. The zero-order valence-electron chi connectivity index (χ0n) is 24.3. The first-order valence-corrected chi connectivity index (χ1v) is 14.4. The molecule has 2 heterocycles. The number of anilines is 1. The molecular weight excluding hydrogens is 550 g/mol. The molecule has 8 nitrogen and oxygen atoms in total. The summed E-state index contributed by atoms with van der Waals surface area (Å²) in [6.07, 6.45) is 1.81. The van der Waals surface area contributed by atoms with Crippen LogP contribution >= 0.6 is 11.3 Å². The predicted octanol–water partition coefficient (Wildman–Crippen LogP) is 4.45. The lowest BCUT2D eigenvalue weighted by Crippen LogP contribution is -2.39. The van der Waals surface area contributed by atoms with Gasteiger partial charge in [0.05, 0.1) is 35.6 Å². The van der Waals surface area contributed by atoms with E-state index in [1.54, 1.807) is 25.5 Å². The van der Waals surface area contributed by atoms with Crippen LogP contribution in [0.1, 0.15) is 36.6 Å². The molecule has 1 aliphatic rings. The molecule has 0 unspecified atom stereocenters. The summed E-state index contributed by atoms with van der Waals surface area (Å²) in [5, 5.41) is 0. The molecule has 1 atom stereocenters. The quantitative estimate of drug-likeness (QED) is 0.271. The van der Waals surface area contributed by atoms with Gasteiger partial charge in [-0.3, -0.25) is 9.36 Å². The van der Waals surface area contributed by atoms with Gasteiger partial charge in [-0.15, -0.1) is 0 Å². The molecule has 0 fully saturated rings. The van der Waals surface area contributed by atoms with E-state index >= 15 is 0 Å². The first-order chi connectivity index (χ1) is 20.3. The molecule has 42 heavy (non-hydrogen) atoms. The van der Waals surface area contributed by atoms with Crippen LogP contribution in [0.15, 0.2) is 93.9 Å². The third kappa shape index (κ3) is 5.87. The van der Waals surface area contributed by atoms with Gasteiger partial charge < -0.3 is 19.1 Å². The number of fused-ring (bicyclic) bond motifs is 1. The number of methoxy groups -OCH3 is 1. The van der Waals surface area contributed by atoms with Crippen LogP contribution in [0.2, 0.25) is 0 Å². The van der Waals surface area contributed by atoms with Crippen LogP contribution in [0.5, 0.6) is 11.5 Å². The molecule has 0 N–H and O–H groups in total. The monoisotopic (exact) mass is 583 g/mol. The first-order valence-electron chi connectivity index (χ1n) is 13.6. The minimum Gasteiger partial charge on any atom is -0.493 e. The van der Waals surface area contributed by atoms with E-state index in [4.69, 9.17) is 14.2 Å². The van der Waals surface area contributed by atoms with Gasteiger partial charge in [-0.2, -0.15) is 0 Å². The van der Waals surface area contributed by atoms with Crippen molar-refractivity contribution < 1.29 is 19.0 Å². The van der Waals surface area contributed by atoms with Gasteiger partial charge in [0.25, 0.3) is 5.56 Å². The van der Waals surface area contributed by atoms with Crippen LogP contribution in [-0.4, -0.2) is 38.3 Å². The molecule has 0 bridgehead atoms. The lowest BCUT2D eigenvalue weighted by atomic mass is 9.95. The number of esters is 1. The van der Waals surface area contributed by atoms with Crippen molar-refractivity contribution in [2.45, 2.75) is 26.5 Å². The van der Waals surface area contributed by atoms with E-state index in [-0.39, 0.29) is 12.2 Å². The summed E-state index contributed by atoms with van der Waals surface area (Å²) in [5.41, 5.74) is 4.28. The molecule has 0 aliphatic carbocycles. The van der Waals surface area contributed by atoms with E-state index < -0.39 is 12.0 Å². The third-order valence-electron chi connectivity index (χ3n) is 6.96. The topological polar surface area (TPSA) is 82.4 Å². The van der Waals surface area contributed by atoms with E-state index in [1.165, 1.54) is 11.3 Å². The zero-order chi connectivity index (χ0) is 29.8. The second-order valence-electron chi connectivity index (χ2n) is 9.97. The number of allylic oxidation sites excluding steroid dienone is 1. The number of carbonyl (C=O) groups excluding carboxylic acids is 1. The Labute approximate surface area is 248 Å². The second-order valence-corrected chi connectivity index (χ2v) is 11.0. The number of aromatic nitrogens is 1. The molecule has 1 aromatic heterocycles. The minimum absolute atomic E-state index is 0.221. The highest BCUT2D eigenvalue weighted by atomic mass is 32.1. The Bertz CT molecular complexity index is 1810. The van der Waals surface area contributed by atoms with Gasteiger partial charge in [-0.1, -0.05) is 59.9 Å². The zero-order valence-corrected chi connectivity index (χ0v) is 25.1. The molecule has 216 valence electrons. The standard InChI is InChI=1S/C33H33N3O5S/c1-6-40-32(38)29-21(2)34-33-36(30(29)24-13-15-25(16-14-24)35(3)4)31(37)28(42-33)19-23-12-17-26(27(18-23)39-5)41-20-22-10-8-7-9-11-22/h7-19,30H,6,20H2,1-5H3/t30-/m1/s1. The molecule has 0 saturated carbocycles. The highest BCUT2D eigenvalue weighted by Crippen LogP contribution is 2.32. The van der Waals surface area contributed by atoms with Crippen LogP contribution in [-0.2, 0) is 16.1 Å². The van der Waals surface area contributed by atoms with Gasteiger partial charge >= 0.3 is 5.97 Å². The molecule has 9 heteroatoms. The molecule has 5 rings (SSSR count). The van der Waals surface area contributed by atoms with Crippen molar-refractivity contribution in [1.82, 2.24) is 4.57 Å². The van der Waals surface area contributed by atoms with Crippen molar-refractivity contribution in [3.63, 3.8) is 0 Å². The highest BCUT2D eigenvalue weighted by molar-refractivity contribution is 7.07. The van der Waals surface area contributed by atoms with Crippen LogP contribution in [0, 0.1) is 0 Å². The summed E-state index contributed by atoms with van der Waals surface area (Å²) < 4.78 is 19.1. The molecule has 4 aromatic rings. The van der Waals surface area contributed by atoms with Gasteiger partial charge in [0.1, 0.15) is 6.61 Å². The van der Waals surface area contributed by atoms with Crippen molar-refractivity contribution in [2.24, 2.45) is 4.99 Å². The maximum Gasteiger partial charge on any atom is 0.338 e. The van der Waals surface area contributed by atoms with Crippen molar-refractivity contribution in [3.8, 4) is 11.5 Å². The van der Waals surface area contributed by atoms with Gasteiger partial charge in [-0.25, -0.2) is 9.79 Å². The lowest BCUT2D eigenvalue weighted by Gasteiger charge is -2.25. The average molecular weight is 584 g/mol. The molecular formula is C33H33N3O5S. The number of rotatable bonds is 9. The number of hydrogen-bond donors (Lipinski definition) is 0. The Morgan fingerprint density at radius 2 is 1.79 bits per heavy atom. The molecule has 0 spiro atoms. The van der Waals surface area contributed by atoms with Crippen LogP contribution in [0.3, 0.4) is 0 Å². The number of benzene rings is 3. The normalized spacial score (nSPS) is 14.7. The van der Waals surface area contributed by atoms with Gasteiger partial charge in [0, 0.05) is 19.8 Å². The predicted molar refractivity (Wildman–Crippen MR) is 165 cm³/mol. The van der Waals surface area contributed by atoms with Crippen molar-refractivity contribution >= 4 is 29.1 Å². The van der Waals surface area contributed by atoms with Gasteiger partial charge in [0.2, 0.25) is 0 Å². The fraction of sp³-hybridized carbons (Fsp3) is 0.242. The number of carbonyl (C=O) groups is 1. The molecule has 0 saturated heterocycles. The van der Waals surface area contributed by atoms with Crippen LogP contribution in [0.4, 0.5) is 5.69 Å². The van der Waals surface area contributed by atoms with E-state index in [9.17, 15) is 9.59 Å². The van der Waals surface area contributed by atoms with Crippen molar-refractivity contribution in [3.05, 3.63) is 120 Å². The summed E-state index contributed by atoms with van der Waals surface area (Å²) in [6, 6.07) is 22.6. The maximum absolute atomic E-state index is 13.9. The van der Waals surface area contributed by atoms with Crippen molar-refractivity contribution in [1.29, 1.82) is 0 Å². The number of thiazole rings is 1. The highest BCUT2D eigenvalue weighted by Gasteiger charge is 2.33. The van der Waals surface area contributed by atoms with Gasteiger partial charge in [-0.05, 0) is 60.9 Å². The number of hydrogen-bond acceptors (Lipinski definition) is 8. The van der Waals surface area contributed by atoms with E-state index in [2.05, 4.69) is 4.99 Å². The maximum atomic E-state index is 13.9. The summed E-state index contributed by atoms with van der Waals surface area (Å²) in [4.78, 5) is 34.3. The Kier molecular flexibility index (Phi) is 8.59. The summed E-state index contributed by atoms with van der Waals surface area (Å²) in [7, 11) is 5.51. The Morgan fingerprint density at radius 3 is 2.45 bits per heavy atom. The Balaban J connectivity index is 1.55. The SMILES string of the molecule is CCOC(=O)C1=C(C)N=c2sc(=Cc3ccc(OCc4ccccc4)c(OC)c3)c(=O)n2[C@@H]1c1ccc(N(C)C)cc1. The largest absolute Gasteiger partial charge is 0.493 e. The summed E-state index contributed by atoms with van der Waals surface area (Å²) in [5.74, 6) is 0.688. The average Bonchev–Trinajstić information content (AvgIpc) is 3.30. The first kappa shape index (κ1) is 28.9. The number of ether oxygens (including phenoxy) is 3. The number of nitrogens with zero attached hydrogens (tertiary/aromatic N) is 3.